The predicted molar refractivity (Wildman–Crippen MR) is 166 cm³/mol. The van der Waals surface area contributed by atoms with Crippen molar-refractivity contribution in [1.29, 1.82) is 0 Å². The summed E-state index contributed by atoms with van der Waals surface area (Å²) in [5.74, 6) is -5.12. The average molecular weight is 791 g/mol. The van der Waals surface area contributed by atoms with Crippen LogP contribution in [0.15, 0.2) is 0 Å². The molecule has 10 unspecified atom stereocenters. The van der Waals surface area contributed by atoms with E-state index < -0.39 is 166 Å². The van der Waals surface area contributed by atoms with E-state index in [4.69, 9.17) is 42.6 Å². The van der Waals surface area contributed by atoms with Gasteiger partial charge in [0.2, 0.25) is 0 Å². The first-order valence-corrected chi connectivity index (χ1v) is 17.1. The van der Waals surface area contributed by atoms with Crippen molar-refractivity contribution < 1.29 is 113 Å². The summed E-state index contributed by atoms with van der Waals surface area (Å²) in [6.07, 6.45) is -34.9. The summed E-state index contributed by atoms with van der Waals surface area (Å²) >= 11 is 0. The molecule has 21 atom stereocenters. The van der Waals surface area contributed by atoms with E-state index in [1.165, 1.54) is 20.8 Å². The fourth-order valence-corrected chi connectivity index (χ4v) is 6.51. The Balaban J connectivity index is 1.62. The van der Waals surface area contributed by atoms with Gasteiger partial charge >= 0.3 is 17.9 Å². The Morgan fingerprint density at radius 2 is 1.20 bits per heavy atom. The fraction of sp³-hybridized carbons (Fsp3) is 0.903. The van der Waals surface area contributed by atoms with Crippen molar-refractivity contribution >= 4 is 17.9 Å². The molecule has 11 N–H and O–H groups in total. The first-order chi connectivity index (χ1) is 25.3. The van der Waals surface area contributed by atoms with Gasteiger partial charge in [-0.25, -0.2) is 9.59 Å². The molecule has 0 bridgehead atoms. The quantitative estimate of drug-likeness (QED) is 0.0772. The smallest absolute Gasteiger partial charge is 0.337 e. The van der Waals surface area contributed by atoms with Crippen molar-refractivity contribution in [2.45, 2.75) is 150 Å². The van der Waals surface area contributed by atoms with Crippen molar-refractivity contribution in [3.63, 3.8) is 0 Å². The minimum Gasteiger partial charge on any atom is -0.479 e. The number of carboxylic acids is 1. The van der Waals surface area contributed by atoms with Gasteiger partial charge in [-0.1, -0.05) is 6.92 Å². The highest BCUT2D eigenvalue weighted by atomic mass is 16.8. The second kappa shape index (κ2) is 18.8. The Labute approximate surface area is 307 Å². The highest BCUT2D eigenvalue weighted by molar-refractivity contribution is 5.74. The third-order valence-electron chi connectivity index (χ3n) is 9.71. The number of aliphatic carboxylic acids is 1. The fourth-order valence-electron chi connectivity index (χ4n) is 6.51. The summed E-state index contributed by atoms with van der Waals surface area (Å²) in [6, 6.07) is 0. The van der Waals surface area contributed by atoms with Crippen molar-refractivity contribution in [3.8, 4) is 0 Å². The first-order valence-electron chi connectivity index (χ1n) is 17.1. The van der Waals surface area contributed by atoms with E-state index in [9.17, 15) is 70.6 Å². The monoisotopic (exact) mass is 790 g/mol. The number of esters is 2. The molecule has 23 heteroatoms. The third kappa shape index (κ3) is 9.63. The zero-order valence-corrected chi connectivity index (χ0v) is 29.6. The van der Waals surface area contributed by atoms with E-state index >= 15 is 0 Å². The molecular weight excluding hydrogens is 740 g/mol. The average Bonchev–Trinajstić information content (AvgIpc) is 3.12. The molecule has 4 rings (SSSR count). The molecular formula is C31H50O23. The maximum absolute atomic E-state index is 12.6. The van der Waals surface area contributed by atoms with Crippen LogP contribution in [0, 0.1) is 5.92 Å². The van der Waals surface area contributed by atoms with Gasteiger partial charge in [0.05, 0.1) is 31.5 Å². The number of carbonyl (C=O) groups is 3. The number of carbonyl (C=O) groups excluding carboxylic acids is 2. The van der Waals surface area contributed by atoms with E-state index in [1.807, 2.05) is 0 Å². The van der Waals surface area contributed by atoms with Crippen LogP contribution in [0.4, 0.5) is 0 Å². The van der Waals surface area contributed by atoms with Gasteiger partial charge < -0.3 is 98.8 Å². The van der Waals surface area contributed by atoms with E-state index in [0.29, 0.717) is 0 Å². The Kier molecular flexibility index (Phi) is 15.5. The molecule has 54 heavy (non-hydrogen) atoms. The molecule has 4 heterocycles. The molecule has 312 valence electrons. The summed E-state index contributed by atoms with van der Waals surface area (Å²) in [5, 5.41) is 115. The zero-order chi connectivity index (χ0) is 40.3. The van der Waals surface area contributed by atoms with Gasteiger partial charge in [-0.15, -0.1) is 0 Å². The molecule has 4 aliphatic heterocycles. The molecule has 0 aromatic rings. The molecule has 0 spiro atoms. The van der Waals surface area contributed by atoms with Gasteiger partial charge in [-0.05, 0) is 13.8 Å². The second-order valence-corrected chi connectivity index (χ2v) is 13.6. The van der Waals surface area contributed by atoms with Gasteiger partial charge in [-0.3, -0.25) is 4.79 Å². The zero-order valence-electron chi connectivity index (χ0n) is 29.6. The molecule has 4 fully saturated rings. The lowest BCUT2D eigenvalue weighted by atomic mass is 9.90. The van der Waals surface area contributed by atoms with Crippen molar-refractivity contribution in [3.05, 3.63) is 0 Å². The van der Waals surface area contributed by atoms with Gasteiger partial charge in [0.15, 0.2) is 37.2 Å². The van der Waals surface area contributed by atoms with Crippen LogP contribution in [0.1, 0.15) is 27.7 Å². The van der Waals surface area contributed by atoms with Crippen LogP contribution < -0.4 is 0 Å². The Morgan fingerprint density at radius 3 is 1.80 bits per heavy atom. The lowest BCUT2D eigenvalue weighted by Crippen LogP contribution is -2.68. The molecule has 4 aliphatic rings. The molecule has 4 saturated heterocycles. The Hall–Kier alpha value is -2.27. The molecule has 0 aromatic heterocycles. The number of ether oxygens (including phenoxy) is 9. The van der Waals surface area contributed by atoms with Crippen molar-refractivity contribution in [2.75, 3.05) is 19.8 Å². The summed E-state index contributed by atoms with van der Waals surface area (Å²) in [6.45, 7) is 2.76. The number of aliphatic hydroxyl groups excluding tert-OH is 10. The number of hydrogen-bond acceptors (Lipinski definition) is 22. The molecule has 0 aromatic carbocycles. The van der Waals surface area contributed by atoms with E-state index in [1.54, 1.807) is 0 Å². The summed E-state index contributed by atoms with van der Waals surface area (Å²) < 4.78 is 49.7. The molecule has 0 saturated carbocycles. The molecule has 0 aliphatic carbocycles. The second-order valence-electron chi connectivity index (χ2n) is 13.6. The minimum absolute atomic E-state index is 0.723. The van der Waals surface area contributed by atoms with E-state index in [0.717, 1.165) is 6.92 Å². The maximum atomic E-state index is 12.6. The first kappa shape index (κ1) is 44.4. The van der Waals surface area contributed by atoms with Crippen molar-refractivity contribution in [1.82, 2.24) is 0 Å². The largest absolute Gasteiger partial charge is 0.479 e. The third-order valence-corrected chi connectivity index (χ3v) is 9.71. The number of rotatable bonds is 13. The summed E-state index contributed by atoms with van der Waals surface area (Å²) in [5.41, 5.74) is 0. The van der Waals surface area contributed by atoms with Gasteiger partial charge in [0, 0.05) is 12.8 Å². The number of carboxylic acid groups (broad SMARTS) is 1. The van der Waals surface area contributed by atoms with Gasteiger partial charge in [-0.2, -0.15) is 0 Å². The van der Waals surface area contributed by atoms with Crippen LogP contribution in [0.3, 0.4) is 0 Å². The highest BCUT2D eigenvalue weighted by Crippen LogP contribution is 2.36. The maximum Gasteiger partial charge on any atom is 0.337 e. The normalized spacial score (nSPS) is 46.3. The van der Waals surface area contributed by atoms with Crippen LogP contribution in [0.2, 0.25) is 0 Å². The van der Waals surface area contributed by atoms with Crippen LogP contribution in [0.5, 0.6) is 0 Å². The number of aliphatic hydroxyl groups is 10. The van der Waals surface area contributed by atoms with Gasteiger partial charge in [0.1, 0.15) is 73.8 Å². The SMILES string of the molecule is CC(=O)OCC1O[C@@H](O[C@H]2C(C)O[C@@H](C)[C@@H](O)C2O)C(OC(=O)C(O)CO)[C@@H](O)[C@@H]1O[C@@H]1OC(C(=O)O)[C@@H](O[C@@H]2OC(CO)[C@@H](O)[C@H](C)C2O)C(O)C1O. The highest BCUT2D eigenvalue weighted by Gasteiger charge is 2.57. The van der Waals surface area contributed by atoms with Crippen LogP contribution >= 0.6 is 0 Å². The van der Waals surface area contributed by atoms with Crippen LogP contribution in [0.25, 0.3) is 0 Å². The summed E-state index contributed by atoms with van der Waals surface area (Å²) in [7, 11) is 0. The predicted octanol–water partition coefficient (Wildman–Crippen LogP) is -6.81. The Bertz CT molecular complexity index is 1260. The van der Waals surface area contributed by atoms with Gasteiger partial charge in [0.25, 0.3) is 0 Å². The van der Waals surface area contributed by atoms with Crippen LogP contribution in [-0.4, -0.2) is 217 Å². The van der Waals surface area contributed by atoms with Crippen molar-refractivity contribution in [2.24, 2.45) is 5.92 Å². The van der Waals surface area contributed by atoms with E-state index in [2.05, 4.69) is 0 Å². The molecule has 23 nitrogen and oxygen atoms in total. The Morgan fingerprint density at radius 1 is 0.630 bits per heavy atom. The van der Waals surface area contributed by atoms with Crippen LogP contribution in [-0.2, 0) is 57.0 Å². The topological polar surface area (TPSA) is 357 Å². The minimum atomic E-state index is -2.21. The standard InChI is InChI=1S/C31H50O23/c1-8-15(36)13(6-33)48-29(16(8)37)53-24-19(40)20(41)30(54-26(24)27(43)44)52-23-14(7-46-11(4)34)49-31(25(21(23)42)50-28(45)12(35)5-32)51-22-10(3)47-9(2)17(38)18(22)39/h8-10,12-26,29-33,35-42H,5-7H2,1-4H3,(H,43,44)/t8-,9-,10?,12?,13?,14?,15-,16?,17+,18?,19?,20?,21-,22-,23+,24-,25?,26?,29-,30+,31-/m0/s1. The van der Waals surface area contributed by atoms with E-state index in [-0.39, 0.29) is 0 Å². The summed E-state index contributed by atoms with van der Waals surface area (Å²) in [4.78, 5) is 36.8. The lowest BCUT2D eigenvalue weighted by Gasteiger charge is -2.49. The lowest BCUT2D eigenvalue weighted by molar-refractivity contribution is -0.380. The number of hydrogen-bond donors (Lipinski definition) is 11. The molecule has 0 amide bonds. The molecule has 0 radical (unpaired) electrons.